The van der Waals surface area contributed by atoms with Crippen LogP contribution in [0.25, 0.3) is 0 Å². The third kappa shape index (κ3) is 1.87. The van der Waals surface area contributed by atoms with Crippen molar-refractivity contribution in [3.63, 3.8) is 0 Å². The second kappa shape index (κ2) is 3.23. The summed E-state index contributed by atoms with van der Waals surface area (Å²) in [5, 5.41) is 8.90. The van der Waals surface area contributed by atoms with Gasteiger partial charge in [-0.15, -0.1) is 0 Å². The molecule has 3 nitrogen and oxygen atoms in total. The Hall–Kier alpha value is -0.120. The lowest BCUT2D eigenvalue weighted by atomic mass is 9.85. The van der Waals surface area contributed by atoms with E-state index in [1.165, 1.54) is 12.8 Å². The summed E-state index contributed by atoms with van der Waals surface area (Å²) in [6.45, 7) is 5.46. The number of nitrogens with zero attached hydrogens (tertiary/aromatic N) is 1. The predicted molar refractivity (Wildman–Crippen MR) is 52.3 cm³/mol. The highest BCUT2D eigenvalue weighted by molar-refractivity contribution is 5.08. The summed E-state index contributed by atoms with van der Waals surface area (Å²) in [5.74, 6) is 1.19. The van der Waals surface area contributed by atoms with Gasteiger partial charge in [0.05, 0.1) is 0 Å². The first kappa shape index (κ1) is 9.44. The van der Waals surface area contributed by atoms with Gasteiger partial charge in [0.2, 0.25) is 0 Å². The minimum atomic E-state index is 0.134. The van der Waals surface area contributed by atoms with Crippen LogP contribution in [-0.4, -0.2) is 41.8 Å². The van der Waals surface area contributed by atoms with Crippen molar-refractivity contribution in [3.8, 4) is 0 Å². The van der Waals surface area contributed by atoms with Crippen LogP contribution in [0.2, 0.25) is 0 Å². The fourth-order valence-corrected chi connectivity index (χ4v) is 2.33. The number of hydrogen-bond acceptors (Lipinski definition) is 3. The minimum absolute atomic E-state index is 0.134. The first-order valence-corrected chi connectivity index (χ1v) is 5.26. The fraction of sp³-hybridized carbons (Fsp3) is 1.00. The number of hydrogen-bond donors (Lipinski definition) is 2. The second-order valence-corrected chi connectivity index (χ2v) is 4.96. The van der Waals surface area contributed by atoms with Crippen molar-refractivity contribution in [1.29, 1.82) is 0 Å². The average Bonchev–Trinajstić information content (AvgIpc) is 2.83. The number of aliphatic hydroxyl groups excluding tert-OH is 1. The zero-order valence-corrected chi connectivity index (χ0v) is 8.37. The Morgan fingerprint density at radius 2 is 2.15 bits per heavy atom. The topological polar surface area (TPSA) is 49.5 Å². The largest absolute Gasteiger partial charge is 0.396 e. The first-order valence-electron chi connectivity index (χ1n) is 5.26. The van der Waals surface area contributed by atoms with Gasteiger partial charge in [-0.05, 0) is 24.7 Å². The van der Waals surface area contributed by atoms with E-state index in [0.29, 0.717) is 5.92 Å². The van der Waals surface area contributed by atoms with Gasteiger partial charge in [-0.3, -0.25) is 4.90 Å². The Morgan fingerprint density at radius 1 is 1.54 bits per heavy atom. The van der Waals surface area contributed by atoms with E-state index in [-0.39, 0.29) is 12.1 Å². The van der Waals surface area contributed by atoms with E-state index in [0.717, 1.165) is 25.6 Å². The van der Waals surface area contributed by atoms with Gasteiger partial charge >= 0.3 is 0 Å². The van der Waals surface area contributed by atoms with Gasteiger partial charge in [-0.2, -0.15) is 0 Å². The molecule has 1 heterocycles. The van der Waals surface area contributed by atoms with Gasteiger partial charge in [-0.1, -0.05) is 6.92 Å². The summed E-state index contributed by atoms with van der Waals surface area (Å²) in [4.78, 5) is 2.36. The highest BCUT2D eigenvalue weighted by Gasteiger charge is 2.49. The van der Waals surface area contributed by atoms with E-state index in [1.54, 1.807) is 0 Å². The molecule has 0 aromatic rings. The molecule has 0 radical (unpaired) electrons. The van der Waals surface area contributed by atoms with Crippen LogP contribution in [0.4, 0.5) is 0 Å². The van der Waals surface area contributed by atoms with Crippen molar-refractivity contribution in [1.82, 2.24) is 4.90 Å². The van der Waals surface area contributed by atoms with Gasteiger partial charge in [0, 0.05) is 31.8 Å². The van der Waals surface area contributed by atoms with E-state index < -0.39 is 0 Å². The molecule has 2 fully saturated rings. The summed E-state index contributed by atoms with van der Waals surface area (Å²) < 4.78 is 0. The lowest BCUT2D eigenvalue weighted by Gasteiger charge is -2.49. The maximum Gasteiger partial charge on any atom is 0.0468 e. The summed E-state index contributed by atoms with van der Waals surface area (Å²) in [7, 11) is 0. The smallest absolute Gasteiger partial charge is 0.0468 e. The first-order chi connectivity index (χ1) is 6.14. The molecule has 0 amide bonds. The molecule has 76 valence electrons. The second-order valence-electron chi connectivity index (χ2n) is 4.96. The molecule has 0 bridgehead atoms. The summed E-state index contributed by atoms with van der Waals surface area (Å²) >= 11 is 0. The predicted octanol–water partition coefficient (Wildman–Crippen LogP) is 0.0379. The number of likely N-dealkylation sites (tertiary alicyclic amines) is 1. The van der Waals surface area contributed by atoms with Crippen LogP contribution >= 0.6 is 0 Å². The molecule has 13 heavy (non-hydrogen) atoms. The molecule has 1 atom stereocenters. The van der Waals surface area contributed by atoms with Crippen molar-refractivity contribution in [3.05, 3.63) is 0 Å². The van der Waals surface area contributed by atoms with Crippen LogP contribution in [0, 0.1) is 11.8 Å². The third-order valence-electron chi connectivity index (χ3n) is 3.31. The zero-order valence-electron chi connectivity index (χ0n) is 8.37. The fourth-order valence-electron chi connectivity index (χ4n) is 2.33. The SMILES string of the molecule is CC(CO)CN1CC(N)(C2CC2)C1. The standard InChI is InChI=1S/C10H20N2O/c1-8(5-13)4-12-6-10(11,7-12)9-2-3-9/h8-9,13H,2-7,11H2,1H3. The molecule has 2 aliphatic rings. The van der Waals surface area contributed by atoms with E-state index in [4.69, 9.17) is 10.8 Å². The van der Waals surface area contributed by atoms with Gasteiger partial charge in [0.1, 0.15) is 0 Å². The van der Waals surface area contributed by atoms with Crippen LogP contribution < -0.4 is 5.73 Å². The van der Waals surface area contributed by atoms with Crippen molar-refractivity contribution in [2.24, 2.45) is 17.6 Å². The molecule has 1 aliphatic heterocycles. The molecule has 1 aliphatic carbocycles. The quantitative estimate of drug-likeness (QED) is 0.648. The number of nitrogens with two attached hydrogens (primary N) is 1. The van der Waals surface area contributed by atoms with Crippen molar-refractivity contribution < 1.29 is 5.11 Å². The van der Waals surface area contributed by atoms with E-state index in [1.807, 2.05) is 0 Å². The van der Waals surface area contributed by atoms with Crippen LogP contribution in [0.1, 0.15) is 19.8 Å². The maximum atomic E-state index is 8.90. The highest BCUT2D eigenvalue weighted by atomic mass is 16.3. The van der Waals surface area contributed by atoms with Crippen molar-refractivity contribution in [2.45, 2.75) is 25.3 Å². The molecule has 0 aromatic heterocycles. The van der Waals surface area contributed by atoms with Crippen molar-refractivity contribution in [2.75, 3.05) is 26.2 Å². The molecule has 1 unspecified atom stereocenters. The van der Waals surface area contributed by atoms with Gasteiger partial charge in [0.15, 0.2) is 0 Å². The summed E-state index contributed by atoms with van der Waals surface area (Å²) in [5.41, 5.74) is 6.35. The van der Waals surface area contributed by atoms with Crippen molar-refractivity contribution >= 4 is 0 Å². The average molecular weight is 184 g/mol. The van der Waals surface area contributed by atoms with Gasteiger partial charge in [0.25, 0.3) is 0 Å². The lowest BCUT2D eigenvalue weighted by molar-refractivity contribution is 0.0342. The Bertz CT molecular complexity index is 185. The molecule has 1 saturated heterocycles. The Kier molecular flexibility index (Phi) is 2.34. The molecule has 1 saturated carbocycles. The molecule has 0 aromatic carbocycles. The van der Waals surface area contributed by atoms with E-state index in [9.17, 15) is 0 Å². The van der Waals surface area contributed by atoms with Gasteiger partial charge < -0.3 is 10.8 Å². The maximum absolute atomic E-state index is 8.90. The summed E-state index contributed by atoms with van der Waals surface area (Å²) in [6, 6.07) is 0. The Labute approximate surface area is 79.9 Å². The molecule has 3 N–H and O–H groups in total. The van der Waals surface area contributed by atoms with E-state index in [2.05, 4.69) is 11.8 Å². The number of aliphatic hydroxyl groups is 1. The van der Waals surface area contributed by atoms with Crippen LogP contribution in [0.5, 0.6) is 0 Å². The van der Waals surface area contributed by atoms with Crippen LogP contribution in [0.15, 0.2) is 0 Å². The summed E-state index contributed by atoms with van der Waals surface area (Å²) in [6.07, 6.45) is 2.67. The minimum Gasteiger partial charge on any atom is -0.396 e. The lowest BCUT2D eigenvalue weighted by Crippen LogP contribution is -2.69. The third-order valence-corrected chi connectivity index (χ3v) is 3.31. The van der Waals surface area contributed by atoms with E-state index >= 15 is 0 Å². The molecule has 3 heteroatoms. The normalized spacial score (nSPS) is 29.8. The van der Waals surface area contributed by atoms with Gasteiger partial charge in [-0.25, -0.2) is 0 Å². The molecule has 2 rings (SSSR count). The number of rotatable bonds is 4. The van der Waals surface area contributed by atoms with Crippen LogP contribution in [0.3, 0.4) is 0 Å². The molecular weight excluding hydrogens is 164 g/mol. The Morgan fingerprint density at radius 3 is 2.62 bits per heavy atom. The Balaban J connectivity index is 1.71. The molecule has 0 spiro atoms. The zero-order chi connectivity index (χ0) is 9.47. The highest BCUT2D eigenvalue weighted by Crippen LogP contribution is 2.42. The monoisotopic (exact) mass is 184 g/mol. The van der Waals surface area contributed by atoms with Crippen LogP contribution in [-0.2, 0) is 0 Å². The molecular formula is C10H20N2O.